The predicted octanol–water partition coefficient (Wildman–Crippen LogP) is 1.13. The summed E-state index contributed by atoms with van der Waals surface area (Å²) in [6, 6.07) is 3.76. The molecule has 0 fully saturated rings. The van der Waals surface area contributed by atoms with Crippen molar-refractivity contribution in [2.45, 2.75) is 13.5 Å². The minimum Gasteiger partial charge on any atom is -0.388 e. The Morgan fingerprint density at radius 2 is 2.33 bits per heavy atom. The number of aromatic amines is 1. The highest BCUT2D eigenvalue weighted by Gasteiger charge is 2.06. The predicted molar refractivity (Wildman–Crippen MR) is 57.2 cm³/mol. The second kappa shape index (κ2) is 3.92. The van der Waals surface area contributed by atoms with Gasteiger partial charge < -0.3 is 5.11 Å². The number of hydrogen-bond donors (Lipinski definition) is 2. The second-order valence-electron chi connectivity index (χ2n) is 3.10. The summed E-state index contributed by atoms with van der Waals surface area (Å²) in [7, 11) is 0. The first kappa shape index (κ1) is 10.0. The van der Waals surface area contributed by atoms with Gasteiger partial charge in [-0.2, -0.15) is 5.10 Å². The van der Waals surface area contributed by atoms with Crippen molar-refractivity contribution in [3.05, 3.63) is 34.6 Å². The average Bonchev–Trinajstić information content (AvgIpc) is 2.61. The average molecular weight is 222 g/mol. The van der Waals surface area contributed by atoms with Crippen LogP contribution in [0.2, 0.25) is 0 Å². The molecule has 6 heteroatoms. The Kier molecular flexibility index (Phi) is 2.61. The molecule has 0 aliphatic rings. The van der Waals surface area contributed by atoms with Gasteiger partial charge in [-0.25, -0.2) is 0 Å². The van der Waals surface area contributed by atoms with Crippen LogP contribution in [0.1, 0.15) is 11.5 Å². The lowest BCUT2D eigenvalue weighted by molar-refractivity contribution is 0.269. The molecule has 0 amide bonds. The van der Waals surface area contributed by atoms with Gasteiger partial charge in [-0.1, -0.05) is 0 Å². The van der Waals surface area contributed by atoms with E-state index in [4.69, 9.17) is 17.3 Å². The molecule has 0 aliphatic heterocycles. The smallest absolute Gasteiger partial charge is 0.199 e. The molecule has 2 aromatic rings. The van der Waals surface area contributed by atoms with Gasteiger partial charge in [0.25, 0.3) is 0 Å². The zero-order valence-electron chi connectivity index (χ0n) is 8.14. The molecule has 2 heterocycles. The normalized spacial score (nSPS) is 10.5. The summed E-state index contributed by atoms with van der Waals surface area (Å²) in [5, 5.41) is 15.6. The van der Waals surface area contributed by atoms with Crippen molar-refractivity contribution in [1.82, 2.24) is 19.7 Å². The standard InChI is InChI=1S/C9H10N4OS/c1-6-2-3-7(4-10-6)13-8(5-14)11-12-9(13)15/h2-4,14H,5H2,1H3,(H,12,15). The van der Waals surface area contributed by atoms with Gasteiger partial charge in [0, 0.05) is 5.69 Å². The maximum atomic E-state index is 9.08. The van der Waals surface area contributed by atoms with E-state index >= 15 is 0 Å². The Bertz CT molecular complexity index is 514. The number of nitrogens with zero attached hydrogens (tertiary/aromatic N) is 3. The van der Waals surface area contributed by atoms with E-state index in [2.05, 4.69) is 15.2 Å². The van der Waals surface area contributed by atoms with E-state index < -0.39 is 0 Å². The van der Waals surface area contributed by atoms with Crippen molar-refractivity contribution in [1.29, 1.82) is 0 Å². The van der Waals surface area contributed by atoms with Crippen LogP contribution >= 0.6 is 12.2 Å². The largest absolute Gasteiger partial charge is 0.388 e. The highest BCUT2D eigenvalue weighted by atomic mass is 32.1. The maximum Gasteiger partial charge on any atom is 0.199 e. The number of nitrogens with one attached hydrogen (secondary N) is 1. The van der Waals surface area contributed by atoms with Crippen LogP contribution < -0.4 is 0 Å². The Morgan fingerprint density at radius 3 is 2.93 bits per heavy atom. The summed E-state index contributed by atoms with van der Waals surface area (Å²) in [5.74, 6) is 0.477. The molecule has 0 saturated carbocycles. The van der Waals surface area contributed by atoms with Gasteiger partial charge in [-0.05, 0) is 31.3 Å². The van der Waals surface area contributed by atoms with Crippen molar-refractivity contribution in [3.8, 4) is 5.69 Å². The Hall–Kier alpha value is -1.53. The maximum absolute atomic E-state index is 9.08. The fraction of sp³-hybridized carbons (Fsp3) is 0.222. The van der Waals surface area contributed by atoms with Crippen LogP contribution in [0.25, 0.3) is 5.69 Å². The lowest BCUT2D eigenvalue weighted by Gasteiger charge is -2.04. The van der Waals surface area contributed by atoms with Crippen LogP contribution in [-0.4, -0.2) is 24.9 Å². The molecule has 0 aromatic carbocycles. The molecule has 5 nitrogen and oxygen atoms in total. The number of aromatic nitrogens is 4. The molecule has 15 heavy (non-hydrogen) atoms. The van der Waals surface area contributed by atoms with Gasteiger partial charge >= 0.3 is 0 Å². The Balaban J connectivity index is 2.57. The van der Waals surface area contributed by atoms with E-state index in [1.54, 1.807) is 10.8 Å². The highest BCUT2D eigenvalue weighted by Crippen LogP contribution is 2.10. The van der Waals surface area contributed by atoms with E-state index in [1.807, 2.05) is 19.1 Å². The first-order valence-electron chi connectivity index (χ1n) is 4.42. The molecule has 0 saturated heterocycles. The topological polar surface area (TPSA) is 66.7 Å². The van der Waals surface area contributed by atoms with Gasteiger partial charge in [0.15, 0.2) is 10.6 Å². The zero-order chi connectivity index (χ0) is 10.8. The molecule has 2 aromatic heterocycles. The number of aryl methyl sites for hydroxylation is 1. The number of aliphatic hydroxyl groups excluding tert-OH is 1. The van der Waals surface area contributed by atoms with Crippen LogP contribution in [0.4, 0.5) is 0 Å². The minimum absolute atomic E-state index is 0.166. The lowest BCUT2D eigenvalue weighted by atomic mass is 10.3. The van der Waals surface area contributed by atoms with Crippen molar-refractivity contribution in [2.24, 2.45) is 0 Å². The molecular weight excluding hydrogens is 212 g/mol. The van der Waals surface area contributed by atoms with Crippen LogP contribution in [0, 0.1) is 11.7 Å². The van der Waals surface area contributed by atoms with Crippen LogP contribution in [0.5, 0.6) is 0 Å². The van der Waals surface area contributed by atoms with E-state index in [0.717, 1.165) is 11.4 Å². The Labute approximate surface area is 91.4 Å². The highest BCUT2D eigenvalue weighted by molar-refractivity contribution is 7.71. The summed E-state index contributed by atoms with van der Waals surface area (Å²) >= 11 is 5.06. The molecule has 0 atom stereocenters. The first-order chi connectivity index (χ1) is 7.22. The Morgan fingerprint density at radius 1 is 1.53 bits per heavy atom. The third kappa shape index (κ3) is 1.81. The number of pyridine rings is 1. The van der Waals surface area contributed by atoms with Crippen molar-refractivity contribution in [2.75, 3.05) is 0 Å². The van der Waals surface area contributed by atoms with Crippen LogP contribution in [0.3, 0.4) is 0 Å². The van der Waals surface area contributed by atoms with Gasteiger partial charge in [-0.3, -0.25) is 14.6 Å². The molecular formula is C9H10N4OS. The number of aliphatic hydroxyl groups is 1. The summed E-state index contributed by atoms with van der Waals surface area (Å²) in [4.78, 5) is 4.16. The van der Waals surface area contributed by atoms with Crippen molar-refractivity contribution in [3.63, 3.8) is 0 Å². The second-order valence-corrected chi connectivity index (χ2v) is 3.48. The lowest BCUT2D eigenvalue weighted by Crippen LogP contribution is -2.01. The number of rotatable bonds is 2. The third-order valence-corrected chi connectivity index (χ3v) is 2.31. The van der Waals surface area contributed by atoms with E-state index in [0.29, 0.717) is 10.6 Å². The molecule has 2 N–H and O–H groups in total. The number of hydrogen-bond acceptors (Lipinski definition) is 4. The van der Waals surface area contributed by atoms with Crippen LogP contribution in [0.15, 0.2) is 18.3 Å². The molecule has 0 unspecified atom stereocenters. The van der Waals surface area contributed by atoms with Gasteiger partial charge in [0.1, 0.15) is 6.61 Å². The number of H-pyrrole nitrogens is 1. The fourth-order valence-corrected chi connectivity index (χ4v) is 1.55. The summed E-state index contributed by atoms with van der Waals surface area (Å²) in [6.07, 6.45) is 1.69. The van der Waals surface area contributed by atoms with E-state index in [-0.39, 0.29) is 6.61 Å². The summed E-state index contributed by atoms with van der Waals surface area (Å²) in [6.45, 7) is 1.74. The quantitative estimate of drug-likeness (QED) is 0.747. The van der Waals surface area contributed by atoms with Crippen molar-refractivity contribution >= 4 is 12.2 Å². The molecule has 0 spiro atoms. The van der Waals surface area contributed by atoms with Gasteiger partial charge in [0.05, 0.1) is 11.9 Å². The molecule has 2 rings (SSSR count). The van der Waals surface area contributed by atoms with Gasteiger partial charge in [0.2, 0.25) is 0 Å². The minimum atomic E-state index is -0.166. The monoisotopic (exact) mass is 222 g/mol. The van der Waals surface area contributed by atoms with Gasteiger partial charge in [-0.15, -0.1) is 0 Å². The molecule has 0 bridgehead atoms. The van der Waals surface area contributed by atoms with Crippen molar-refractivity contribution < 1.29 is 5.11 Å². The third-order valence-electron chi connectivity index (χ3n) is 2.04. The SMILES string of the molecule is Cc1ccc(-n2c(CO)n[nH]c2=S)cn1. The first-order valence-corrected chi connectivity index (χ1v) is 4.83. The molecule has 0 radical (unpaired) electrons. The zero-order valence-corrected chi connectivity index (χ0v) is 8.95. The molecule has 0 aliphatic carbocycles. The molecule has 78 valence electrons. The van der Waals surface area contributed by atoms with E-state index in [9.17, 15) is 0 Å². The summed E-state index contributed by atoms with van der Waals surface area (Å²) < 4.78 is 2.10. The van der Waals surface area contributed by atoms with Crippen LogP contribution in [-0.2, 0) is 6.61 Å². The summed E-state index contributed by atoms with van der Waals surface area (Å²) in [5.41, 5.74) is 1.72. The fourth-order valence-electron chi connectivity index (χ4n) is 1.29. The van der Waals surface area contributed by atoms with E-state index in [1.165, 1.54) is 0 Å².